The third-order valence-electron chi connectivity index (χ3n) is 12.5. The van der Waals surface area contributed by atoms with Gasteiger partial charge in [0.25, 0.3) is 0 Å². The average Bonchev–Trinajstić information content (AvgIpc) is 3.88. The predicted molar refractivity (Wildman–Crippen MR) is 248 cm³/mol. The van der Waals surface area contributed by atoms with Crippen molar-refractivity contribution < 1.29 is 46.1 Å². The third kappa shape index (κ3) is 9.16. The molecule has 0 aromatic heterocycles. The van der Waals surface area contributed by atoms with Gasteiger partial charge in [0, 0.05) is 0 Å². The van der Waals surface area contributed by atoms with Crippen molar-refractivity contribution >= 4 is 6.48 Å². The first kappa shape index (κ1) is 45.7. The summed E-state index contributed by atoms with van der Waals surface area (Å²) in [7, 11) is 0. The Balaban J connectivity index is 0.00000302. The Morgan fingerprint density at radius 3 is 1.60 bits per heavy atom. The molecule has 0 N–H and O–H groups in total. The van der Waals surface area contributed by atoms with Crippen LogP contribution in [0.15, 0.2) is 149 Å². The summed E-state index contributed by atoms with van der Waals surface area (Å²) in [6.45, 7) is 19.2. The molecule has 0 unspecified atom stereocenters. The molecule has 0 spiro atoms. The summed E-state index contributed by atoms with van der Waals surface area (Å²) in [6.07, 6.45) is 13.4. The summed E-state index contributed by atoms with van der Waals surface area (Å²) in [5.74, 6) is 0. The Morgan fingerprint density at radius 2 is 1.07 bits per heavy atom. The van der Waals surface area contributed by atoms with Crippen LogP contribution in [0.2, 0.25) is 0 Å². The minimum Gasteiger partial charge on any atom is -1.00 e. The van der Waals surface area contributed by atoms with Crippen molar-refractivity contribution in [3.63, 3.8) is 0 Å². The van der Waals surface area contributed by atoms with Crippen LogP contribution in [0.5, 0.6) is 0 Å². The van der Waals surface area contributed by atoms with Crippen molar-refractivity contribution in [2.24, 2.45) is 0 Å². The number of hydrogen-bond donors (Lipinski definition) is 0. The average molecular weight is 907 g/mol. The molecule has 306 valence electrons. The molecule has 2 aliphatic carbocycles. The van der Waals surface area contributed by atoms with Crippen molar-refractivity contribution in [2.45, 2.75) is 105 Å². The third-order valence-corrected chi connectivity index (χ3v) is 20.2. The molecule has 0 bridgehead atoms. The maximum atomic E-state index is 2.66. The molecule has 0 atom stereocenters. The molecule has 0 saturated heterocycles. The van der Waals surface area contributed by atoms with Crippen LogP contribution in [-0.4, -0.2) is 3.21 Å². The second kappa shape index (κ2) is 19.0. The minimum atomic E-state index is -2.94. The van der Waals surface area contributed by atoms with Crippen molar-refractivity contribution in [1.29, 1.82) is 0 Å². The fourth-order valence-corrected chi connectivity index (χ4v) is 18.3. The molecule has 0 nitrogen and oxygen atoms in total. The second-order valence-corrected chi connectivity index (χ2v) is 25.0. The van der Waals surface area contributed by atoms with Crippen LogP contribution in [0.4, 0.5) is 0 Å². The fraction of sp³-hybridized carbons (Fsp3) is 0.281. The summed E-state index contributed by atoms with van der Waals surface area (Å²) < 4.78 is 5.20. The van der Waals surface area contributed by atoms with Crippen LogP contribution in [0.25, 0.3) is 33.4 Å². The van der Waals surface area contributed by atoms with Crippen molar-refractivity contribution in [2.75, 3.05) is 0 Å². The van der Waals surface area contributed by atoms with Crippen LogP contribution in [0, 0.1) is 0 Å². The monoisotopic (exact) mass is 904 g/mol. The first-order valence-electron chi connectivity index (χ1n) is 21.7. The minimum absolute atomic E-state index is 0. The number of benzene rings is 6. The first-order valence-corrected chi connectivity index (χ1v) is 25.4. The molecule has 0 saturated carbocycles. The van der Waals surface area contributed by atoms with Crippen molar-refractivity contribution in [3.8, 4) is 33.4 Å². The summed E-state index contributed by atoms with van der Waals surface area (Å²) in [5, 5.41) is 0. The summed E-state index contributed by atoms with van der Waals surface area (Å²) >= 11 is -2.94. The van der Waals surface area contributed by atoms with Gasteiger partial charge in [0.1, 0.15) is 0 Å². The number of fused-ring (bicyclic) bond motifs is 3. The molecule has 0 amide bonds. The van der Waals surface area contributed by atoms with Crippen molar-refractivity contribution in [3.05, 3.63) is 193 Å². The molecule has 6 aromatic rings. The van der Waals surface area contributed by atoms with Gasteiger partial charge in [0.2, 0.25) is 0 Å². The molecule has 0 radical (unpaired) electrons. The summed E-state index contributed by atoms with van der Waals surface area (Å²) in [4.78, 5) is 0. The van der Waals surface area contributed by atoms with Gasteiger partial charge in [0.15, 0.2) is 0 Å². The van der Waals surface area contributed by atoms with Crippen LogP contribution in [0.3, 0.4) is 0 Å². The number of halogens is 2. The molecule has 2 aliphatic rings. The van der Waals surface area contributed by atoms with E-state index in [0.717, 1.165) is 38.5 Å². The number of rotatable bonds is 10. The molecule has 60 heavy (non-hydrogen) atoms. The van der Waals surface area contributed by atoms with Gasteiger partial charge in [-0.25, -0.2) is 0 Å². The van der Waals surface area contributed by atoms with Crippen LogP contribution in [-0.2, 0) is 64.2 Å². The zero-order valence-electron chi connectivity index (χ0n) is 36.9. The van der Waals surface area contributed by atoms with Gasteiger partial charge in [0.05, 0.1) is 0 Å². The molecule has 0 aliphatic heterocycles. The molecule has 0 heterocycles. The summed E-state index contributed by atoms with van der Waals surface area (Å²) in [5.41, 5.74) is 20.4. The van der Waals surface area contributed by atoms with E-state index in [1.54, 1.807) is 20.9 Å². The standard InChI is InChI=1S/C37H41.C15H14.C5H5.2ClH.Zr/c1-9-24-15-11-13-17-28(24)32-20-26-19-27-21-33(29-18-14-12-16-25(29)10-2)35(37(6,7)8)23-31(27)30(26)22-34(32)36(3,4)5;1-3-8-14(9-4-1)12-7-13-15-10-5-2-6-11-15;1-2-4-5-3-1;;;/h11-18,20,22-23H,9-10,19H2,1-8H3;1-6,8-11H,12-13H2;1-3H,4H2;2*1H;/q;;;;;+2/p-2. The van der Waals surface area contributed by atoms with E-state index in [1.165, 1.54) is 66.8 Å². The van der Waals surface area contributed by atoms with E-state index in [1.807, 2.05) is 0 Å². The first-order chi connectivity index (χ1) is 28.0. The molecular weight excluding hydrogens is 847 g/mol. The quantitative estimate of drug-likeness (QED) is 0.130. The van der Waals surface area contributed by atoms with Crippen LogP contribution in [0.1, 0.15) is 106 Å². The molecule has 6 aromatic carbocycles. The Bertz CT molecular complexity index is 2530. The van der Waals surface area contributed by atoms with Crippen LogP contribution < -0.4 is 28.1 Å². The maximum absolute atomic E-state index is 2.94. The molecule has 3 heteroatoms. The zero-order valence-corrected chi connectivity index (χ0v) is 40.8. The smallest absolute Gasteiger partial charge is 1.00 e. The van der Waals surface area contributed by atoms with Crippen molar-refractivity contribution in [1.82, 2.24) is 0 Å². The van der Waals surface area contributed by atoms with Crippen LogP contribution >= 0.6 is 0 Å². The molecule has 8 rings (SSSR count). The van der Waals surface area contributed by atoms with Gasteiger partial charge in [-0.3, -0.25) is 0 Å². The predicted octanol–water partition coefficient (Wildman–Crippen LogP) is 8.06. The fourth-order valence-electron chi connectivity index (χ4n) is 9.65. The topological polar surface area (TPSA) is 0 Å². The number of hydrogen-bond acceptors (Lipinski definition) is 0. The van der Waals surface area contributed by atoms with Gasteiger partial charge in [-0.2, -0.15) is 0 Å². The Labute approximate surface area is 381 Å². The SMILES string of the molecule is CCc1ccccc1-c1cc2c(cc1C(C)(C)C)-c1cc(C(C)(C)C)c(-c3ccccc3CC)[c]([Zr+2]([C]3=CC=CC3)=[C](Cc3ccccc3)Cc3ccccc3)c1C2.[Cl-].[Cl-]. The second-order valence-electron chi connectivity index (χ2n) is 18.6. The van der Waals surface area contributed by atoms with E-state index < -0.39 is 21.3 Å². The molecule has 0 fully saturated rings. The Morgan fingerprint density at radius 1 is 0.550 bits per heavy atom. The van der Waals surface area contributed by atoms with Gasteiger partial charge in [-0.15, -0.1) is 0 Å². The van der Waals surface area contributed by atoms with Gasteiger partial charge in [-0.1, -0.05) is 0 Å². The van der Waals surface area contributed by atoms with Gasteiger partial charge in [-0.05, 0) is 0 Å². The summed E-state index contributed by atoms with van der Waals surface area (Å²) in [6, 6.07) is 49.1. The van der Waals surface area contributed by atoms with E-state index in [0.29, 0.717) is 0 Å². The number of allylic oxidation sites excluding steroid dienone is 4. The number of aryl methyl sites for hydroxylation is 2. The van der Waals surface area contributed by atoms with Gasteiger partial charge >= 0.3 is 359 Å². The van der Waals surface area contributed by atoms with E-state index in [-0.39, 0.29) is 35.6 Å². The molecular formula is C57H60Cl2Zr. The maximum Gasteiger partial charge on any atom is -1.00 e. The van der Waals surface area contributed by atoms with E-state index in [2.05, 4.69) is 201 Å². The van der Waals surface area contributed by atoms with Gasteiger partial charge < -0.3 is 24.8 Å². The largest absolute Gasteiger partial charge is 1.00 e. The Hall–Kier alpha value is -3.87. The van der Waals surface area contributed by atoms with E-state index in [9.17, 15) is 0 Å². The van der Waals surface area contributed by atoms with E-state index in [4.69, 9.17) is 0 Å². The zero-order chi connectivity index (χ0) is 40.6. The van der Waals surface area contributed by atoms with E-state index >= 15 is 0 Å². The Kier molecular flexibility index (Phi) is 14.5. The normalized spacial score (nSPS) is 12.8.